The second-order valence-corrected chi connectivity index (χ2v) is 3.99. The fourth-order valence-electron chi connectivity index (χ4n) is 2.64. The fraction of sp³-hybridized carbons (Fsp3) is 0.364. The number of carbonyl (C=O) groups excluding carboxylic acids is 1. The molecule has 1 fully saturated rings. The van der Waals surface area contributed by atoms with E-state index in [1.165, 1.54) is 0 Å². The van der Waals surface area contributed by atoms with E-state index in [2.05, 4.69) is 41.8 Å². The molecule has 13 heavy (non-hydrogen) atoms. The average molecular weight is 173 g/mol. The number of allylic oxidation sites excluding steroid dienone is 4. The van der Waals surface area contributed by atoms with Crippen LogP contribution in [0.3, 0.4) is 0 Å². The van der Waals surface area contributed by atoms with Gasteiger partial charge in [0.15, 0.2) is 0 Å². The monoisotopic (exact) mass is 173 g/mol. The van der Waals surface area contributed by atoms with Crippen molar-refractivity contribution in [2.45, 2.75) is 12.5 Å². The van der Waals surface area contributed by atoms with Gasteiger partial charge in [0.25, 0.3) is 0 Å². The molecular formula is C11H11NO. The predicted molar refractivity (Wildman–Crippen MR) is 49.9 cm³/mol. The second-order valence-electron chi connectivity index (χ2n) is 3.99. The van der Waals surface area contributed by atoms with Gasteiger partial charge in [0.2, 0.25) is 5.91 Å². The van der Waals surface area contributed by atoms with Crippen molar-refractivity contribution in [2.75, 3.05) is 0 Å². The smallest absolute Gasteiger partial charge is 0.221 e. The first-order valence-electron chi connectivity index (χ1n) is 4.65. The van der Waals surface area contributed by atoms with Crippen molar-refractivity contribution >= 4 is 5.91 Å². The lowest BCUT2D eigenvalue weighted by Gasteiger charge is -2.31. The van der Waals surface area contributed by atoms with Gasteiger partial charge in [-0.1, -0.05) is 36.5 Å². The molecule has 1 spiro atoms. The summed E-state index contributed by atoms with van der Waals surface area (Å²) in [7, 11) is 0. The van der Waals surface area contributed by atoms with Crippen molar-refractivity contribution in [2.24, 2.45) is 11.3 Å². The Hall–Kier alpha value is -1.31. The highest BCUT2D eigenvalue weighted by Crippen LogP contribution is 2.48. The second kappa shape index (κ2) is 2.13. The van der Waals surface area contributed by atoms with Crippen LogP contribution in [0.4, 0.5) is 0 Å². The molecule has 1 amide bonds. The highest BCUT2D eigenvalue weighted by molar-refractivity contribution is 5.82. The van der Waals surface area contributed by atoms with Crippen LogP contribution in [0.25, 0.3) is 0 Å². The summed E-state index contributed by atoms with van der Waals surface area (Å²) in [5, 5.41) is 2.99. The molecule has 2 nitrogen and oxygen atoms in total. The number of hydrogen-bond acceptors (Lipinski definition) is 1. The molecule has 0 saturated carbocycles. The van der Waals surface area contributed by atoms with E-state index in [-0.39, 0.29) is 17.4 Å². The Labute approximate surface area is 77.0 Å². The molecule has 0 aromatic carbocycles. The standard InChI is InChI=1S/C11H11NO/c13-10-7-11-6-2-1-3-8(11)4-5-9(11)12-10/h1-6,8-9H,7H2,(H,12,13)/t8-,9+,11-/m1/s1. The van der Waals surface area contributed by atoms with Gasteiger partial charge in [0.1, 0.15) is 0 Å². The van der Waals surface area contributed by atoms with Gasteiger partial charge in [-0.05, 0) is 0 Å². The number of rotatable bonds is 0. The summed E-state index contributed by atoms with van der Waals surface area (Å²) in [6, 6.07) is 0.228. The molecule has 3 aliphatic rings. The topological polar surface area (TPSA) is 29.1 Å². The largest absolute Gasteiger partial charge is 0.349 e. The van der Waals surface area contributed by atoms with Gasteiger partial charge >= 0.3 is 0 Å². The summed E-state index contributed by atoms with van der Waals surface area (Å²) in [4.78, 5) is 11.3. The van der Waals surface area contributed by atoms with Crippen LogP contribution in [0.15, 0.2) is 36.5 Å². The summed E-state index contributed by atoms with van der Waals surface area (Å²) in [6.45, 7) is 0. The van der Waals surface area contributed by atoms with E-state index >= 15 is 0 Å². The van der Waals surface area contributed by atoms with E-state index in [4.69, 9.17) is 0 Å². The summed E-state index contributed by atoms with van der Waals surface area (Å²) in [5.41, 5.74) is 0.0336. The van der Waals surface area contributed by atoms with Crippen LogP contribution >= 0.6 is 0 Å². The SMILES string of the molecule is O=C1C[C@]23C=CC=C[C@@H]2C=C[C@@H]3N1. The molecule has 66 valence electrons. The van der Waals surface area contributed by atoms with Gasteiger partial charge in [-0.15, -0.1) is 0 Å². The lowest BCUT2D eigenvalue weighted by molar-refractivity contribution is -0.119. The zero-order valence-corrected chi connectivity index (χ0v) is 7.23. The van der Waals surface area contributed by atoms with Crippen molar-refractivity contribution < 1.29 is 4.79 Å². The van der Waals surface area contributed by atoms with Gasteiger partial charge in [0.05, 0.1) is 6.04 Å². The van der Waals surface area contributed by atoms with Crippen LogP contribution < -0.4 is 5.32 Å². The van der Waals surface area contributed by atoms with Crippen molar-refractivity contribution in [3.05, 3.63) is 36.5 Å². The van der Waals surface area contributed by atoms with E-state index in [1.807, 2.05) is 0 Å². The molecule has 3 rings (SSSR count). The Kier molecular flexibility index (Phi) is 1.17. The maximum atomic E-state index is 11.3. The Morgan fingerprint density at radius 1 is 1.31 bits per heavy atom. The molecule has 1 heterocycles. The first-order valence-corrected chi connectivity index (χ1v) is 4.65. The molecule has 1 aliphatic heterocycles. The lowest BCUT2D eigenvalue weighted by Crippen LogP contribution is -2.35. The third-order valence-corrected chi connectivity index (χ3v) is 3.33. The maximum absolute atomic E-state index is 11.3. The average Bonchev–Trinajstić information content (AvgIpc) is 2.57. The highest BCUT2D eigenvalue weighted by atomic mass is 16.2. The molecule has 0 aromatic heterocycles. The van der Waals surface area contributed by atoms with Crippen molar-refractivity contribution in [1.82, 2.24) is 5.32 Å². The first kappa shape index (κ1) is 7.13. The molecule has 1 N–H and O–H groups in total. The lowest BCUT2D eigenvalue weighted by atomic mass is 9.72. The Morgan fingerprint density at radius 3 is 3.15 bits per heavy atom. The summed E-state index contributed by atoms with van der Waals surface area (Å²) >= 11 is 0. The number of amides is 1. The molecule has 2 heteroatoms. The molecule has 1 saturated heterocycles. The third-order valence-electron chi connectivity index (χ3n) is 3.33. The van der Waals surface area contributed by atoms with E-state index in [9.17, 15) is 4.79 Å². The van der Waals surface area contributed by atoms with E-state index in [1.54, 1.807) is 0 Å². The molecular weight excluding hydrogens is 162 g/mol. The van der Waals surface area contributed by atoms with E-state index < -0.39 is 0 Å². The number of hydrogen-bond donors (Lipinski definition) is 1. The summed E-state index contributed by atoms with van der Waals surface area (Å²) < 4.78 is 0. The maximum Gasteiger partial charge on any atom is 0.221 e. The minimum Gasteiger partial charge on any atom is -0.349 e. The molecule has 0 bridgehead atoms. The third kappa shape index (κ3) is 0.755. The molecule has 0 unspecified atom stereocenters. The predicted octanol–water partition coefficient (Wildman–Crippen LogP) is 1.17. The van der Waals surface area contributed by atoms with Crippen LogP contribution in [-0.2, 0) is 4.79 Å². The van der Waals surface area contributed by atoms with E-state index in [0.717, 1.165) is 0 Å². The fourth-order valence-corrected chi connectivity index (χ4v) is 2.64. The van der Waals surface area contributed by atoms with Gasteiger partial charge in [-0.2, -0.15) is 0 Å². The van der Waals surface area contributed by atoms with Crippen LogP contribution in [0.2, 0.25) is 0 Å². The number of nitrogens with one attached hydrogen (secondary N) is 1. The summed E-state index contributed by atoms with van der Waals surface area (Å²) in [5.74, 6) is 0.598. The Balaban J connectivity index is 2.09. The van der Waals surface area contributed by atoms with Gasteiger partial charge < -0.3 is 5.32 Å². The zero-order chi connectivity index (χ0) is 8.89. The van der Waals surface area contributed by atoms with Crippen LogP contribution in [0.1, 0.15) is 6.42 Å². The Bertz CT molecular complexity index is 353. The van der Waals surface area contributed by atoms with Gasteiger partial charge in [-0.25, -0.2) is 0 Å². The molecule has 2 aliphatic carbocycles. The van der Waals surface area contributed by atoms with Crippen LogP contribution in [-0.4, -0.2) is 11.9 Å². The molecule has 3 atom stereocenters. The first-order chi connectivity index (χ1) is 6.31. The van der Waals surface area contributed by atoms with Crippen molar-refractivity contribution in [1.29, 1.82) is 0 Å². The normalized spacial score (nSPS) is 44.8. The number of carbonyl (C=O) groups is 1. The highest BCUT2D eigenvalue weighted by Gasteiger charge is 2.51. The van der Waals surface area contributed by atoms with Crippen molar-refractivity contribution in [3.8, 4) is 0 Å². The molecule has 0 aromatic rings. The van der Waals surface area contributed by atoms with E-state index in [0.29, 0.717) is 12.3 Å². The quantitative estimate of drug-likeness (QED) is 0.547. The summed E-state index contributed by atoms with van der Waals surface area (Å²) in [6.07, 6.45) is 13.4. The van der Waals surface area contributed by atoms with Gasteiger partial charge in [-0.3, -0.25) is 4.79 Å². The van der Waals surface area contributed by atoms with Crippen LogP contribution in [0.5, 0.6) is 0 Å². The van der Waals surface area contributed by atoms with Crippen LogP contribution in [0, 0.1) is 11.3 Å². The zero-order valence-electron chi connectivity index (χ0n) is 7.23. The van der Waals surface area contributed by atoms with Gasteiger partial charge in [0, 0.05) is 17.8 Å². The minimum atomic E-state index is 0.0336. The van der Waals surface area contributed by atoms with Crippen molar-refractivity contribution in [3.63, 3.8) is 0 Å². The Morgan fingerprint density at radius 2 is 2.23 bits per heavy atom. The molecule has 0 radical (unpaired) electrons. The minimum absolute atomic E-state index is 0.0336.